The van der Waals surface area contributed by atoms with Gasteiger partial charge in [-0.2, -0.15) is 0 Å². The van der Waals surface area contributed by atoms with Gasteiger partial charge in [0.2, 0.25) is 0 Å². The van der Waals surface area contributed by atoms with E-state index in [0.717, 1.165) is 5.75 Å². The van der Waals surface area contributed by atoms with Crippen LogP contribution in [0.3, 0.4) is 0 Å². The zero-order valence-electron chi connectivity index (χ0n) is 9.00. The Labute approximate surface area is 85.1 Å². The Balaban J connectivity index is 2.60. The number of rotatable bonds is 1. The van der Waals surface area contributed by atoms with E-state index in [9.17, 15) is 0 Å². The zero-order valence-corrected chi connectivity index (χ0v) is 9.00. The highest BCUT2D eigenvalue weighted by atomic mass is 16.5. The quantitative estimate of drug-likeness (QED) is 0.740. The lowest BCUT2D eigenvalue weighted by molar-refractivity contribution is 0.331. The van der Waals surface area contributed by atoms with Gasteiger partial charge in [0.05, 0.1) is 6.04 Å². The fraction of sp³-hybridized carbons (Fsp3) is 0.500. The molecule has 0 saturated carbocycles. The van der Waals surface area contributed by atoms with Gasteiger partial charge in [0, 0.05) is 5.56 Å². The lowest BCUT2D eigenvalue weighted by atomic mass is 9.92. The molecule has 1 aliphatic heterocycles. The Morgan fingerprint density at radius 2 is 2.14 bits per heavy atom. The average molecular weight is 191 g/mol. The van der Waals surface area contributed by atoms with Crippen LogP contribution in [0, 0.1) is 6.92 Å². The molecule has 1 atom stereocenters. The first-order valence-corrected chi connectivity index (χ1v) is 5.13. The molecule has 0 fully saturated rings. The molecule has 0 spiro atoms. The van der Waals surface area contributed by atoms with Crippen molar-refractivity contribution in [3.63, 3.8) is 0 Å². The zero-order chi connectivity index (χ0) is 10.3. The van der Waals surface area contributed by atoms with Gasteiger partial charge in [-0.3, -0.25) is 0 Å². The Bertz CT molecular complexity index is 358. The summed E-state index contributed by atoms with van der Waals surface area (Å²) in [4.78, 5) is 0. The van der Waals surface area contributed by atoms with Crippen molar-refractivity contribution < 1.29 is 4.74 Å². The molecule has 0 aromatic heterocycles. The van der Waals surface area contributed by atoms with Crippen LogP contribution < -0.4 is 10.5 Å². The van der Waals surface area contributed by atoms with Gasteiger partial charge in [-0.05, 0) is 24.0 Å². The third-order valence-electron chi connectivity index (χ3n) is 2.83. The second kappa shape index (κ2) is 3.28. The van der Waals surface area contributed by atoms with Gasteiger partial charge in [-0.1, -0.05) is 26.0 Å². The van der Waals surface area contributed by atoms with Crippen molar-refractivity contribution in [2.24, 2.45) is 5.73 Å². The standard InChI is InChI=1S/C12H17NO/c1-7(2)9-5-4-8(3)12-11(9)10(13)6-14-12/h4-5,7,10H,6,13H2,1-3H3. The fourth-order valence-corrected chi connectivity index (χ4v) is 2.06. The third-order valence-corrected chi connectivity index (χ3v) is 2.83. The summed E-state index contributed by atoms with van der Waals surface area (Å²) < 4.78 is 5.61. The summed E-state index contributed by atoms with van der Waals surface area (Å²) >= 11 is 0. The molecular formula is C12H17NO. The molecule has 0 aliphatic carbocycles. The minimum Gasteiger partial charge on any atom is -0.491 e. The van der Waals surface area contributed by atoms with E-state index in [4.69, 9.17) is 10.5 Å². The summed E-state index contributed by atoms with van der Waals surface area (Å²) in [7, 11) is 0. The van der Waals surface area contributed by atoms with Crippen LogP contribution in [0.4, 0.5) is 0 Å². The number of aryl methyl sites for hydroxylation is 1. The Hall–Kier alpha value is -1.02. The molecule has 1 aromatic rings. The Morgan fingerprint density at radius 1 is 1.43 bits per heavy atom. The summed E-state index contributed by atoms with van der Waals surface area (Å²) in [5, 5.41) is 0. The molecule has 14 heavy (non-hydrogen) atoms. The lowest BCUT2D eigenvalue weighted by Crippen LogP contribution is -2.12. The average Bonchev–Trinajstić information content (AvgIpc) is 2.50. The molecule has 1 heterocycles. The first kappa shape index (κ1) is 9.53. The molecule has 0 radical (unpaired) electrons. The highest BCUT2D eigenvalue weighted by Gasteiger charge is 2.26. The maximum absolute atomic E-state index is 6.03. The molecule has 2 nitrogen and oxygen atoms in total. The van der Waals surface area contributed by atoms with Gasteiger partial charge in [-0.25, -0.2) is 0 Å². The van der Waals surface area contributed by atoms with Crippen LogP contribution >= 0.6 is 0 Å². The third kappa shape index (κ3) is 1.30. The molecule has 1 unspecified atom stereocenters. The van der Waals surface area contributed by atoms with E-state index in [1.807, 2.05) is 0 Å². The highest BCUT2D eigenvalue weighted by molar-refractivity contribution is 5.51. The summed E-state index contributed by atoms with van der Waals surface area (Å²) in [6.07, 6.45) is 0. The first-order chi connectivity index (χ1) is 6.61. The molecule has 1 aromatic carbocycles. The molecule has 2 N–H and O–H groups in total. The number of fused-ring (bicyclic) bond motifs is 1. The van der Waals surface area contributed by atoms with Gasteiger partial charge in [-0.15, -0.1) is 0 Å². The fourth-order valence-electron chi connectivity index (χ4n) is 2.06. The van der Waals surface area contributed by atoms with E-state index in [0.29, 0.717) is 12.5 Å². The molecule has 2 rings (SSSR count). The van der Waals surface area contributed by atoms with Crippen LogP contribution in [-0.4, -0.2) is 6.61 Å². The molecule has 1 aliphatic rings. The normalized spacial score (nSPS) is 19.6. The molecule has 0 bridgehead atoms. The molecule has 76 valence electrons. The highest BCUT2D eigenvalue weighted by Crippen LogP contribution is 2.39. The minimum atomic E-state index is 0.0577. The predicted molar refractivity (Wildman–Crippen MR) is 57.7 cm³/mol. The van der Waals surface area contributed by atoms with Crippen LogP contribution in [0.1, 0.15) is 42.5 Å². The van der Waals surface area contributed by atoms with Gasteiger partial charge in [0.15, 0.2) is 0 Å². The lowest BCUT2D eigenvalue weighted by Gasteiger charge is -2.14. The maximum atomic E-state index is 6.03. The molecule has 2 heteroatoms. The largest absolute Gasteiger partial charge is 0.491 e. The monoisotopic (exact) mass is 191 g/mol. The van der Waals surface area contributed by atoms with Crippen LogP contribution in [-0.2, 0) is 0 Å². The topological polar surface area (TPSA) is 35.2 Å². The molecule has 0 amide bonds. The predicted octanol–water partition coefficient (Wildman–Crippen LogP) is 2.51. The smallest absolute Gasteiger partial charge is 0.127 e. The van der Waals surface area contributed by atoms with Crippen LogP contribution in [0.5, 0.6) is 5.75 Å². The van der Waals surface area contributed by atoms with Gasteiger partial charge < -0.3 is 10.5 Å². The van der Waals surface area contributed by atoms with Crippen molar-refractivity contribution in [1.82, 2.24) is 0 Å². The van der Waals surface area contributed by atoms with Crippen molar-refractivity contribution in [2.45, 2.75) is 32.7 Å². The van der Waals surface area contributed by atoms with Crippen molar-refractivity contribution in [2.75, 3.05) is 6.61 Å². The SMILES string of the molecule is Cc1ccc(C(C)C)c2c1OCC2N. The first-order valence-electron chi connectivity index (χ1n) is 5.13. The van der Waals surface area contributed by atoms with Crippen LogP contribution in [0.15, 0.2) is 12.1 Å². The number of hydrogen-bond acceptors (Lipinski definition) is 2. The van der Waals surface area contributed by atoms with Crippen molar-refractivity contribution >= 4 is 0 Å². The van der Waals surface area contributed by atoms with Gasteiger partial charge in [0.1, 0.15) is 12.4 Å². The summed E-state index contributed by atoms with van der Waals surface area (Å²) in [5.41, 5.74) is 9.77. The molecule has 0 saturated heterocycles. The molecular weight excluding hydrogens is 174 g/mol. The van der Waals surface area contributed by atoms with Gasteiger partial charge >= 0.3 is 0 Å². The second-order valence-corrected chi connectivity index (χ2v) is 4.29. The van der Waals surface area contributed by atoms with Gasteiger partial charge in [0.25, 0.3) is 0 Å². The van der Waals surface area contributed by atoms with E-state index in [1.54, 1.807) is 0 Å². The number of hydrogen-bond donors (Lipinski definition) is 1. The summed E-state index contributed by atoms with van der Waals surface area (Å²) in [6, 6.07) is 4.35. The number of benzene rings is 1. The minimum absolute atomic E-state index is 0.0577. The summed E-state index contributed by atoms with van der Waals surface area (Å²) in [5.74, 6) is 1.53. The van der Waals surface area contributed by atoms with E-state index in [-0.39, 0.29) is 6.04 Å². The van der Waals surface area contributed by atoms with Crippen molar-refractivity contribution in [1.29, 1.82) is 0 Å². The second-order valence-electron chi connectivity index (χ2n) is 4.29. The van der Waals surface area contributed by atoms with Crippen molar-refractivity contribution in [3.05, 3.63) is 28.8 Å². The van der Waals surface area contributed by atoms with E-state index < -0.39 is 0 Å². The van der Waals surface area contributed by atoms with Crippen molar-refractivity contribution in [3.8, 4) is 5.75 Å². The van der Waals surface area contributed by atoms with E-state index >= 15 is 0 Å². The van der Waals surface area contributed by atoms with Crippen LogP contribution in [0.2, 0.25) is 0 Å². The number of ether oxygens (including phenoxy) is 1. The Morgan fingerprint density at radius 3 is 2.79 bits per heavy atom. The van der Waals surface area contributed by atoms with Crippen LogP contribution in [0.25, 0.3) is 0 Å². The Kier molecular flexibility index (Phi) is 2.23. The number of nitrogens with two attached hydrogens (primary N) is 1. The van der Waals surface area contributed by atoms with E-state index in [2.05, 4.69) is 32.9 Å². The van der Waals surface area contributed by atoms with E-state index in [1.165, 1.54) is 16.7 Å². The summed E-state index contributed by atoms with van der Waals surface area (Å²) in [6.45, 7) is 7.08. The maximum Gasteiger partial charge on any atom is 0.127 e.